The summed E-state index contributed by atoms with van der Waals surface area (Å²) in [5.74, 6) is 0.0824. The van der Waals surface area contributed by atoms with Crippen LogP contribution in [0.1, 0.15) is 12.5 Å². The molecular weight excluding hydrogens is 126 g/mol. The third kappa shape index (κ3) is 1.08. The average molecular weight is 134 g/mol. The van der Waals surface area contributed by atoms with Crippen LogP contribution in [0.5, 0.6) is 5.75 Å². The Bertz CT molecular complexity index is 303. The molecule has 0 amide bonds. The van der Waals surface area contributed by atoms with Gasteiger partial charge >= 0.3 is 0 Å². The number of rotatable bonds is 0. The highest BCUT2D eigenvalue weighted by molar-refractivity contribution is 5.40. The van der Waals surface area contributed by atoms with Crippen LogP contribution in [0.25, 0.3) is 0 Å². The summed E-state index contributed by atoms with van der Waals surface area (Å²) < 4.78 is 6.99. The van der Waals surface area contributed by atoms with Gasteiger partial charge in [-0.15, -0.1) is 0 Å². The lowest BCUT2D eigenvalue weighted by molar-refractivity contribution is 0.471. The summed E-state index contributed by atoms with van der Waals surface area (Å²) in [5.41, 5.74) is 0.967. The first-order chi connectivity index (χ1) is 5.27. The van der Waals surface area contributed by atoms with Gasteiger partial charge in [-0.3, -0.25) is 0 Å². The summed E-state index contributed by atoms with van der Waals surface area (Å²) in [6.07, 6.45) is 0. The van der Waals surface area contributed by atoms with Crippen molar-refractivity contribution in [2.45, 2.75) is 6.90 Å². The second-order valence-corrected chi connectivity index (χ2v) is 1.96. The van der Waals surface area contributed by atoms with Crippen molar-refractivity contribution in [2.75, 3.05) is 0 Å². The SMILES string of the molecule is [2H]Cc1cc(C#N)ccc1O. The Hall–Kier alpha value is -1.49. The predicted octanol–water partition coefficient (Wildman–Crippen LogP) is 1.57. The Morgan fingerprint density at radius 3 is 3.10 bits per heavy atom. The number of hydrogen-bond donors (Lipinski definition) is 1. The lowest BCUT2D eigenvalue weighted by atomic mass is 10.1. The topological polar surface area (TPSA) is 44.0 Å². The molecule has 0 spiro atoms. The molecule has 1 aromatic rings. The second-order valence-electron chi connectivity index (χ2n) is 1.96. The van der Waals surface area contributed by atoms with Crippen molar-refractivity contribution in [1.29, 1.82) is 5.26 Å². The van der Waals surface area contributed by atoms with Gasteiger partial charge in [0.2, 0.25) is 0 Å². The number of phenolic OH excluding ortho intramolecular Hbond substituents is 1. The molecule has 0 saturated carbocycles. The van der Waals surface area contributed by atoms with Crippen LogP contribution in [-0.2, 0) is 0 Å². The molecule has 0 aliphatic rings. The van der Waals surface area contributed by atoms with E-state index in [0.717, 1.165) is 0 Å². The van der Waals surface area contributed by atoms with Crippen LogP contribution < -0.4 is 0 Å². The van der Waals surface area contributed by atoms with E-state index in [-0.39, 0.29) is 12.6 Å². The summed E-state index contributed by atoms with van der Waals surface area (Å²) >= 11 is 0. The number of aryl methyl sites for hydroxylation is 1. The van der Waals surface area contributed by atoms with Crippen LogP contribution in [0.2, 0.25) is 0 Å². The fourth-order valence-electron chi connectivity index (χ4n) is 0.655. The van der Waals surface area contributed by atoms with E-state index in [4.69, 9.17) is 11.7 Å². The van der Waals surface area contributed by atoms with Crippen molar-refractivity contribution in [2.24, 2.45) is 0 Å². The predicted molar refractivity (Wildman–Crippen MR) is 37.6 cm³/mol. The first-order valence-electron chi connectivity index (χ1n) is 3.50. The Labute approximate surface area is 60.8 Å². The molecule has 1 rings (SSSR count). The minimum absolute atomic E-state index is 0.00134. The molecule has 1 N–H and O–H groups in total. The summed E-state index contributed by atoms with van der Waals surface area (Å²) in [6, 6.07) is 6.41. The highest BCUT2D eigenvalue weighted by atomic mass is 16.3. The van der Waals surface area contributed by atoms with E-state index in [1.807, 2.05) is 6.07 Å². The summed E-state index contributed by atoms with van der Waals surface area (Å²) in [7, 11) is 0. The van der Waals surface area contributed by atoms with Gasteiger partial charge in [0.1, 0.15) is 5.75 Å². The summed E-state index contributed by atoms with van der Waals surface area (Å²) in [5, 5.41) is 17.6. The monoisotopic (exact) mass is 134 g/mol. The Morgan fingerprint density at radius 2 is 2.50 bits per heavy atom. The number of phenols is 1. The van der Waals surface area contributed by atoms with E-state index in [0.29, 0.717) is 11.1 Å². The first-order valence-corrected chi connectivity index (χ1v) is 2.79. The number of benzene rings is 1. The van der Waals surface area contributed by atoms with Gasteiger partial charge in [0.05, 0.1) is 11.6 Å². The van der Waals surface area contributed by atoms with E-state index < -0.39 is 0 Å². The Balaban J connectivity index is 3.15. The normalized spacial score (nSPS) is 10.1. The Kier molecular flexibility index (Phi) is 1.27. The molecule has 2 heteroatoms. The minimum Gasteiger partial charge on any atom is -0.508 e. The molecule has 50 valence electrons. The van der Waals surface area contributed by atoms with E-state index >= 15 is 0 Å². The van der Waals surface area contributed by atoms with Crippen molar-refractivity contribution in [3.63, 3.8) is 0 Å². The smallest absolute Gasteiger partial charge is 0.118 e. The van der Waals surface area contributed by atoms with Crippen LogP contribution in [0.4, 0.5) is 0 Å². The third-order valence-electron chi connectivity index (χ3n) is 1.21. The molecule has 0 radical (unpaired) electrons. The molecule has 0 unspecified atom stereocenters. The van der Waals surface area contributed by atoms with Gasteiger partial charge in [-0.2, -0.15) is 5.26 Å². The first kappa shape index (κ1) is 5.31. The zero-order chi connectivity index (χ0) is 8.27. The molecule has 0 aliphatic heterocycles. The number of hydrogen-bond acceptors (Lipinski definition) is 2. The van der Waals surface area contributed by atoms with Gasteiger partial charge in [-0.25, -0.2) is 0 Å². The molecular formula is C8H7NO. The molecule has 10 heavy (non-hydrogen) atoms. The van der Waals surface area contributed by atoms with Gasteiger partial charge in [-0.1, -0.05) is 0 Å². The molecule has 0 saturated heterocycles. The number of aromatic hydroxyl groups is 1. The lowest BCUT2D eigenvalue weighted by Crippen LogP contribution is -1.76. The van der Waals surface area contributed by atoms with Crippen LogP contribution >= 0.6 is 0 Å². The van der Waals surface area contributed by atoms with Crippen LogP contribution in [0.3, 0.4) is 0 Å². The van der Waals surface area contributed by atoms with Crippen molar-refractivity contribution >= 4 is 0 Å². The highest BCUT2D eigenvalue weighted by Crippen LogP contribution is 2.15. The number of nitriles is 1. The van der Waals surface area contributed by atoms with E-state index in [2.05, 4.69) is 0 Å². The second kappa shape index (κ2) is 2.40. The molecule has 0 bridgehead atoms. The van der Waals surface area contributed by atoms with Gasteiger partial charge < -0.3 is 5.11 Å². The van der Waals surface area contributed by atoms with Gasteiger partial charge in [0.25, 0.3) is 0 Å². The molecule has 0 atom stereocenters. The van der Waals surface area contributed by atoms with Crippen molar-refractivity contribution in [1.82, 2.24) is 0 Å². The van der Waals surface area contributed by atoms with E-state index in [9.17, 15) is 0 Å². The molecule has 0 heterocycles. The van der Waals surface area contributed by atoms with Crippen molar-refractivity contribution in [3.8, 4) is 11.8 Å². The maximum Gasteiger partial charge on any atom is 0.118 e. The quantitative estimate of drug-likeness (QED) is 0.585. The van der Waals surface area contributed by atoms with E-state index in [1.54, 1.807) is 0 Å². The van der Waals surface area contributed by atoms with Crippen molar-refractivity contribution < 1.29 is 6.48 Å². The van der Waals surface area contributed by atoms with Gasteiger partial charge in [-0.05, 0) is 30.7 Å². The summed E-state index contributed by atoms with van der Waals surface area (Å²) in [6.45, 7) is 0.00134. The standard InChI is InChI=1S/C8H7NO/c1-6-4-7(5-9)2-3-8(6)10/h2-4,10H,1H3/i1D. The van der Waals surface area contributed by atoms with E-state index in [1.165, 1.54) is 18.2 Å². The number of nitrogens with zero attached hydrogens (tertiary/aromatic N) is 1. The zero-order valence-electron chi connectivity index (χ0n) is 6.33. The van der Waals surface area contributed by atoms with Gasteiger partial charge in [0, 0.05) is 1.37 Å². The third-order valence-corrected chi connectivity index (χ3v) is 1.21. The molecule has 0 fully saturated rings. The van der Waals surface area contributed by atoms with Gasteiger partial charge in [0.15, 0.2) is 0 Å². The Morgan fingerprint density at radius 1 is 1.70 bits per heavy atom. The van der Waals surface area contributed by atoms with Crippen LogP contribution in [-0.4, -0.2) is 5.11 Å². The zero-order valence-corrected chi connectivity index (χ0v) is 5.33. The molecule has 0 aliphatic carbocycles. The fraction of sp³-hybridized carbons (Fsp3) is 0.125. The lowest BCUT2D eigenvalue weighted by Gasteiger charge is -1.95. The molecule has 2 nitrogen and oxygen atoms in total. The van der Waals surface area contributed by atoms with Crippen LogP contribution in [0.15, 0.2) is 18.2 Å². The average Bonchev–Trinajstić information content (AvgIpc) is 2.05. The molecule has 0 aromatic heterocycles. The largest absolute Gasteiger partial charge is 0.508 e. The maximum atomic E-state index is 9.10. The van der Waals surface area contributed by atoms with Crippen molar-refractivity contribution in [3.05, 3.63) is 29.3 Å². The van der Waals surface area contributed by atoms with Crippen LogP contribution in [0, 0.1) is 18.2 Å². The highest BCUT2D eigenvalue weighted by Gasteiger charge is 1.94. The molecule has 1 aromatic carbocycles. The maximum absolute atomic E-state index is 9.10. The minimum atomic E-state index is 0.00134. The summed E-state index contributed by atoms with van der Waals surface area (Å²) in [4.78, 5) is 0. The fourth-order valence-corrected chi connectivity index (χ4v) is 0.655.